The van der Waals surface area contributed by atoms with Gasteiger partial charge < -0.3 is 20.1 Å². The number of nitrogens with zero attached hydrogens (tertiary/aromatic N) is 2. The van der Waals surface area contributed by atoms with E-state index in [1.807, 2.05) is 4.90 Å². The highest BCUT2D eigenvalue weighted by Crippen LogP contribution is 2.32. The fourth-order valence-electron chi connectivity index (χ4n) is 3.94. The first-order chi connectivity index (χ1) is 13.8. The summed E-state index contributed by atoms with van der Waals surface area (Å²) in [6, 6.07) is 5.02. The molecule has 1 amide bonds. The SMILES string of the molecule is O=C(NC1COC(CN2CCN(c3cccc(C(F)(F)F)c3)CC2)C1O)C1CC1. The summed E-state index contributed by atoms with van der Waals surface area (Å²) >= 11 is 0. The molecular weight excluding hydrogens is 387 g/mol. The van der Waals surface area contributed by atoms with Gasteiger partial charge in [-0.05, 0) is 31.0 Å². The van der Waals surface area contributed by atoms with Gasteiger partial charge in [-0.15, -0.1) is 0 Å². The number of carbonyl (C=O) groups is 1. The van der Waals surface area contributed by atoms with Crippen molar-refractivity contribution in [1.82, 2.24) is 10.2 Å². The van der Waals surface area contributed by atoms with E-state index in [1.54, 1.807) is 6.07 Å². The number of benzene rings is 1. The number of piperazine rings is 1. The number of aliphatic hydroxyl groups excluding tert-OH is 1. The summed E-state index contributed by atoms with van der Waals surface area (Å²) in [5.41, 5.74) is -0.0707. The predicted molar refractivity (Wildman–Crippen MR) is 100 cm³/mol. The maximum Gasteiger partial charge on any atom is 0.416 e. The van der Waals surface area contributed by atoms with Crippen molar-refractivity contribution in [2.75, 3.05) is 44.2 Å². The zero-order chi connectivity index (χ0) is 20.6. The Morgan fingerprint density at radius 3 is 2.59 bits per heavy atom. The van der Waals surface area contributed by atoms with Gasteiger partial charge in [-0.2, -0.15) is 13.2 Å². The molecule has 3 aliphatic rings. The van der Waals surface area contributed by atoms with Crippen molar-refractivity contribution < 1.29 is 27.8 Å². The van der Waals surface area contributed by atoms with E-state index in [4.69, 9.17) is 4.74 Å². The fourth-order valence-corrected chi connectivity index (χ4v) is 3.94. The lowest BCUT2D eigenvalue weighted by molar-refractivity contribution is -0.137. The molecule has 4 rings (SSSR count). The molecule has 1 aromatic carbocycles. The largest absolute Gasteiger partial charge is 0.416 e. The summed E-state index contributed by atoms with van der Waals surface area (Å²) in [6.45, 7) is 3.38. The first-order valence-corrected chi connectivity index (χ1v) is 10.1. The first kappa shape index (κ1) is 20.4. The average molecular weight is 413 g/mol. The predicted octanol–water partition coefficient (Wildman–Crippen LogP) is 1.48. The molecule has 29 heavy (non-hydrogen) atoms. The minimum atomic E-state index is -4.35. The van der Waals surface area contributed by atoms with E-state index in [9.17, 15) is 23.1 Å². The molecule has 2 heterocycles. The zero-order valence-electron chi connectivity index (χ0n) is 16.1. The van der Waals surface area contributed by atoms with Gasteiger partial charge in [0.25, 0.3) is 0 Å². The molecule has 3 atom stereocenters. The number of carbonyl (C=O) groups excluding carboxylic acids is 1. The van der Waals surface area contributed by atoms with Gasteiger partial charge in [0.15, 0.2) is 0 Å². The number of halogens is 3. The number of hydrogen-bond acceptors (Lipinski definition) is 5. The van der Waals surface area contributed by atoms with Crippen LogP contribution in [0.1, 0.15) is 18.4 Å². The van der Waals surface area contributed by atoms with Crippen molar-refractivity contribution in [3.63, 3.8) is 0 Å². The quantitative estimate of drug-likeness (QED) is 0.766. The maximum absolute atomic E-state index is 12.9. The molecule has 3 fully saturated rings. The molecule has 0 bridgehead atoms. The molecule has 0 spiro atoms. The normalized spacial score (nSPS) is 28.6. The molecule has 2 N–H and O–H groups in total. The minimum Gasteiger partial charge on any atom is -0.388 e. The van der Waals surface area contributed by atoms with Crippen LogP contribution in [0.5, 0.6) is 0 Å². The molecule has 160 valence electrons. The molecule has 6 nitrogen and oxygen atoms in total. The van der Waals surface area contributed by atoms with Gasteiger partial charge in [0.2, 0.25) is 5.91 Å². The second-order valence-electron chi connectivity index (χ2n) is 8.09. The van der Waals surface area contributed by atoms with Crippen LogP contribution in [0.4, 0.5) is 18.9 Å². The Bertz CT molecular complexity index is 733. The monoisotopic (exact) mass is 413 g/mol. The van der Waals surface area contributed by atoms with Crippen LogP contribution < -0.4 is 10.2 Å². The van der Waals surface area contributed by atoms with Gasteiger partial charge in [-0.1, -0.05) is 6.07 Å². The molecule has 1 saturated carbocycles. The first-order valence-electron chi connectivity index (χ1n) is 10.1. The van der Waals surface area contributed by atoms with E-state index in [2.05, 4.69) is 10.2 Å². The number of amides is 1. The number of nitrogens with one attached hydrogen (secondary N) is 1. The van der Waals surface area contributed by atoms with Crippen LogP contribution in [-0.4, -0.2) is 73.5 Å². The topological polar surface area (TPSA) is 65.0 Å². The van der Waals surface area contributed by atoms with Gasteiger partial charge >= 0.3 is 6.18 Å². The van der Waals surface area contributed by atoms with Crippen molar-refractivity contribution >= 4 is 11.6 Å². The number of aliphatic hydroxyl groups is 1. The molecule has 9 heteroatoms. The summed E-state index contributed by atoms with van der Waals surface area (Å²) in [6.07, 6.45) is -3.65. The van der Waals surface area contributed by atoms with Crippen molar-refractivity contribution in [3.05, 3.63) is 29.8 Å². The second kappa shape index (κ2) is 8.12. The lowest BCUT2D eigenvalue weighted by atomic mass is 10.1. The van der Waals surface area contributed by atoms with Crippen LogP contribution in [0.15, 0.2) is 24.3 Å². The summed E-state index contributed by atoms with van der Waals surface area (Å²) in [5, 5.41) is 13.4. The summed E-state index contributed by atoms with van der Waals surface area (Å²) in [5.74, 6) is 0.0816. The fraction of sp³-hybridized carbons (Fsp3) is 0.650. The highest BCUT2D eigenvalue weighted by atomic mass is 19.4. The smallest absolute Gasteiger partial charge is 0.388 e. The Hall–Kier alpha value is -1.84. The summed E-state index contributed by atoms with van der Waals surface area (Å²) in [4.78, 5) is 16.0. The van der Waals surface area contributed by atoms with Gasteiger partial charge in [0.1, 0.15) is 6.10 Å². The lowest BCUT2D eigenvalue weighted by Gasteiger charge is -2.37. The van der Waals surface area contributed by atoms with Crippen LogP contribution in [0.3, 0.4) is 0 Å². The van der Waals surface area contributed by atoms with E-state index in [0.717, 1.165) is 18.9 Å². The molecule has 0 radical (unpaired) electrons. The van der Waals surface area contributed by atoms with Gasteiger partial charge in [0.05, 0.1) is 24.3 Å². The van der Waals surface area contributed by atoms with E-state index in [-0.39, 0.29) is 24.0 Å². The third-order valence-corrected chi connectivity index (χ3v) is 5.91. The van der Waals surface area contributed by atoms with Crippen LogP contribution in [-0.2, 0) is 15.7 Å². The van der Waals surface area contributed by atoms with Crippen molar-refractivity contribution in [2.45, 2.75) is 37.3 Å². The molecule has 1 aliphatic carbocycles. The van der Waals surface area contributed by atoms with Crippen LogP contribution >= 0.6 is 0 Å². The summed E-state index contributed by atoms with van der Waals surface area (Å²) < 4.78 is 44.5. The molecule has 0 aromatic heterocycles. The van der Waals surface area contributed by atoms with E-state index in [0.29, 0.717) is 45.0 Å². The third-order valence-electron chi connectivity index (χ3n) is 5.91. The van der Waals surface area contributed by atoms with Gasteiger partial charge in [-0.25, -0.2) is 0 Å². The van der Waals surface area contributed by atoms with Crippen molar-refractivity contribution in [2.24, 2.45) is 5.92 Å². The maximum atomic E-state index is 12.9. The zero-order valence-corrected chi connectivity index (χ0v) is 16.1. The van der Waals surface area contributed by atoms with Gasteiger partial charge in [-0.3, -0.25) is 9.69 Å². The number of rotatable bonds is 5. The van der Waals surface area contributed by atoms with E-state index >= 15 is 0 Å². The number of anilines is 1. The minimum absolute atomic E-state index is 0.00648. The molecule has 3 unspecified atom stereocenters. The number of alkyl halides is 3. The standard InChI is InChI=1S/C20H26F3N3O3/c21-20(22,23)14-2-1-3-15(10-14)26-8-6-25(7-9-26)11-17-18(27)16(12-29-17)24-19(28)13-4-5-13/h1-3,10,13,16-18,27H,4-9,11-12H2,(H,24,28). The summed E-state index contributed by atoms with van der Waals surface area (Å²) in [7, 11) is 0. The third kappa shape index (κ3) is 4.84. The second-order valence-corrected chi connectivity index (χ2v) is 8.09. The Labute approximate surface area is 167 Å². The highest BCUT2D eigenvalue weighted by molar-refractivity contribution is 5.81. The molecule has 2 aliphatic heterocycles. The highest BCUT2D eigenvalue weighted by Gasteiger charge is 2.40. The van der Waals surface area contributed by atoms with E-state index in [1.165, 1.54) is 12.1 Å². The van der Waals surface area contributed by atoms with Crippen LogP contribution in [0, 0.1) is 5.92 Å². The number of hydrogen-bond donors (Lipinski definition) is 2. The average Bonchev–Trinajstić information content (AvgIpc) is 3.50. The Morgan fingerprint density at radius 1 is 1.21 bits per heavy atom. The van der Waals surface area contributed by atoms with Gasteiger partial charge in [0, 0.05) is 44.3 Å². The Kier molecular flexibility index (Phi) is 5.72. The number of ether oxygens (including phenoxy) is 1. The van der Waals surface area contributed by atoms with E-state index < -0.39 is 17.8 Å². The Balaban J connectivity index is 1.26. The molecule has 2 saturated heterocycles. The lowest BCUT2D eigenvalue weighted by Crippen LogP contribution is -2.51. The Morgan fingerprint density at radius 2 is 1.93 bits per heavy atom. The van der Waals surface area contributed by atoms with Crippen molar-refractivity contribution in [1.29, 1.82) is 0 Å². The molecule has 1 aromatic rings. The molecular formula is C20H26F3N3O3. The van der Waals surface area contributed by atoms with Crippen molar-refractivity contribution in [3.8, 4) is 0 Å². The van der Waals surface area contributed by atoms with Crippen LogP contribution in [0.25, 0.3) is 0 Å². The van der Waals surface area contributed by atoms with Crippen LogP contribution in [0.2, 0.25) is 0 Å².